The second kappa shape index (κ2) is 8.00. The van der Waals surface area contributed by atoms with Crippen LogP contribution in [0.2, 0.25) is 0 Å². The predicted octanol–water partition coefficient (Wildman–Crippen LogP) is 5.76. The van der Waals surface area contributed by atoms with E-state index in [4.69, 9.17) is 10.7 Å². The summed E-state index contributed by atoms with van der Waals surface area (Å²) in [4.78, 5) is 9.18. The third-order valence-corrected chi connectivity index (χ3v) is 5.06. The van der Waals surface area contributed by atoms with Gasteiger partial charge in [-0.2, -0.15) is 0 Å². The Bertz CT molecular complexity index is 1060. The van der Waals surface area contributed by atoms with Gasteiger partial charge in [-0.15, -0.1) is 0 Å². The molecule has 0 saturated carbocycles. The quantitative estimate of drug-likeness (QED) is 0.607. The molecule has 2 aromatic carbocycles. The number of halogens is 1. The number of nitrogen functional groups attached to an aromatic ring is 1. The first kappa shape index (κ1) is 19.1. The highest BCUT2D eigenvalue weighted by Gasteiger charge is 2.22. The third-order valence-electron chi connectivity index (χ3n) is 5.06. The molecule has 2 heterocycles. The number of hydrogen-bond donors (Lipinski definition) is 1. The van der Waals surface area contributed by atoms with Crippen LogP contribution in [-0.4, -0.2) is 10.7 Å². The monoisotopic (exact) mass is 385 g/mol. The average Bonchev–Trinajstić information content (AvgIpc) is 3.14. The third kappa shape index (κ3) is 4.27. The number of pyridine rings is 1. The SMILES string of the molecule is CC(C)Cc1ccc(C2=NC(c3ccc(F)cc3)=C(c3ccc(N)nc3)C2)cc1. The second-order valence-corrected chi connectivity index (χ2v) is 7.84. The van der Waals surface area contributed by atoms with Crippen LogP contribution >= 0.6 is 0 Å². The van der Waals surface area contributed by atoms with Crippen LogP contribution in [0, 0.1) is 11.7 Å². The summed E-state index contributed by atoms with van der Waals surface area (Å²) in [6.07, 6.45) is 3.54. The molecule has 1 aliphatic rings. The fourth-order valence-corrected chi connectivity index (χ4v) is 3.63. The highest BCUT2D eigenvalue weighted by molar-refractivity contribution is 6.16. The van der Waals surface area contributed by atoms with Crippen LogP contribution in [0.5, 0.6) is 0 Å². The maximum absolute atomic E-state index is 13.4. The molecule has 2 N–H and O–H groups in total. The molecule has 0 fully saturated rings. The van der Waals surface area contributed by atoms with Gasteiger partial charge in [0, 0.05) is 18.2 Å². The number of aromatic nitrogens is 1. The molecular formula is C25H24FN3. The summed E-state index contributed by atoms with van der Waals surface area (Å²) in [7, 11) is 0. The number of nitrogens with two attached hydrogens (primary N) is 1. The van der Waals surface area contributed by atoms with Crippen LogP contribution in [-0.2, 0) is 6.42 Å². The zero-order valence-electron chi connectivity index (χ0n) is 16.7. The van der Waals surface area contributed by atoms with E-state index in [0.717, 1.165) is 40.1 Å². The van der Waals surface area contributed by atoms with Gasteiger partial charge in [0.15, 0.2) is 0 Å². The number of rotatable bonds is 5. The van der Waals surface area contributed by atoms with E-state index in [1.165, 1.54) is 17.7 Å². The highest BCUT2D eigenvalue weighted by atomic mass is 19.1. The molecule has 1 aromatic heterocycles. The van der Waals surface area contributed by atoms with Gasteiger partial charge in [0.2, 0.25) is 0 Å². The first-order valence-corrected chi connectivity index (χ1v) is 9.87. The largest absolute Gasteiger partial charge is 0.384 e. The van der Waals surface area contributed by atoms with Crippen molar-refractivity contribution in [1.82, 2.24) is 4.98 Å². The van der Waals surface area contributed by atoms with Gasteiger partial charge in [0.1, 0.15) is 11.6 Å². The molecule has 146 valence electrons. The van der Waals surface area contributed by atoms with Crippen molar-refractivity contribution in [2.75, 3.05) is 5.73 Å². The lowest BCUT2D eigenvalue weighted by Crippen LogP contribution is -2.00. The topological polar surface area (TPSA) is 51.3 Å². The van der Waals surface area contributed by atoms with E-state index < -0.39 is 0 Å². The standard InChI is InChI=1S/C25H24FN3/c1-16(2)13-17-3-5-18(6-4-17)23-14-22(20-9-12-24(27)28-15-20)25(29-23)19-7-10-21(26)11-8-19/h3-12,15-16H,13-14H2,1-2H3,(H2,27,28). The van der Waals surface area contributed by atoms with Crippen molar-refractivity contribution < 1.29 is 4.39 Å². The van der Waals surface area contributed by atoms with E-state index in [0.29, 0.717) is 18.2 Å². The molecule has 0 spiro atoms. The van der Waals surface area contributed by atoms with E-state index in [9.17, 15) is 4.39 Å². The highest BCUT2D eigenvalue weighted by Crippen LogP contribution is 2.37. The summed E-state index contributed by atoms with van der Waals surface area (Å²) in [5.41, 5.74) is 13.0. The maximum atomic E-state index is 13.4. The summed E-state index contributed by atoms with van der Waals surface area (Å²) in [6.45, 7) is 4.45. The molecule has 0 bridgehead atoms. The van der Waals surface area contributed by atoms with Crippen LogP contribution in [0.15, 0.2) is 71.9 Å². The fourth-order valence-electron chi connectivity index (χ4n) is 3.63. The van der Waals surface area contributed by atoms with Gasteiger partial charge in [-0.05, 0) is 71.0 Å². The summed E-state index contributed by atoms with van der Waals surface area (Å²) in [5.74, 6) is 0.853. The second-order valence-electron chi connectivity index (χ2n) is 7.84. The molecule has 1 aliphatic heterocycles. The van der Waals surface area contributed by atoms with Crippen molar-refractivity contribution in [1.29, 1.82) is 0 Å². The Morgan fingerprint density at radius 2 is 1.55 bits per heavy atom. The van der Waals surface area contributed by atoms with Gasteiger partial charge in [0.05, 0.1) is 11.4 Å². The summed E-state index contributed by atoms with van der Waals surface area (Å²) >= 11 is 0. The van der Waals surface area contributed by atoms with Crippen molar-refractivity contribution in [2.45, 2.75) is 26.7 Å². The van der Waals surface area contributed by atoms with Gasteiger partial charge in [-0.25, -0.2) is 9.37 Å². The molecule has 0 unspecified atom stereocenters. The fraction of sp³-hybridized carbons (Fsp3) is 0.200. The molecule has 0 saturated heterocycles. The molecule has 0 aliphatic carbocycles. The minimum atomic E-state index is -0.256. The molecule has 0 radical (unpaired) electrons. The Labute approximate surface area is 170 Å². The Morgan fingerprint density at radius 3 is 2.17 bits per heavy atom. The van der Waals surface area contributed by atoms with Crippen LogP contribution in [0.4, 0.5) is 10.2 Å². The van der Waals surface area contributed by atoms with Crippen LogP contribution in [0.3, 0.4) is 0 Å². The summed E-state index contributed by atoms with van der Waals surface area (Å²) in [6, 6.07) is 18.9. The Balaban J connectivity index is 1.71. The number of hydrogen-bond acceptors (Lipinski definition) is 3. The van der Waals surface area contributed by atoms with Crippen LogP contribution in [0.25, 0.3) is 11.3 Å². The van der Waals surface area contributed by atoms with Gasteiger partial charge in [0.25, 0.3) is 0 Å². The zero-order valence-corrected chi connectivity index (χ0v) is 16.7. The van der Waals surface area contributed by atoms with E-state index >= 15 is 0 Å². The zero-order chi connectivity index (χ0) is 20.4. The Hall–Kier alpha value is -3.27. The number of aliphatic imine (C=N–C) groups is 1. The molecule has 0 atom stereocenters. The van der Waals surface area contributed by atoms with Gasteiger partial charge in [-0.1, -0.05) is 38.1 Å². The minimum Gasteiger partial charge on any atom is -0.384 e. The number of benzene rings is 2. The van der Waals surface area contributed by atoms with Crippen molar-refractivity contribution in [3.8, 4) is 0 Å². The Morgan fingerprint density at radius 1 is 0.897 bits per heavy atom. The smallest absolute Gasteiger partial charge is 0.123 e. The number of allylic oxidation sites excluding steroid dienone is 1. The van der Waals surface area contributed by atoms with Crippen LogP contribution < -0.4 is 5.73 Å². The normalized spacial score (nSPS) is 13.9. The number of nitrogens with zero attached hydrogens (tertiary/aromatic N) is 2. The van der Waals surface area contributed by atoms with Crippen molar-refractivity contribution >= 4 is 22.8 Å². The van der Waals surface area contributed by atoms with E-state index in [1.807, 2.05) is 6.07 Å². The van der Waals surface area contributed by atoms with E-state index in [1.54, 1.807) is 24.4 Å². The molecule has 29 heavy (non-hydrogen) atoms. The predicted molar refractivity (Wildman–Crippen MR) is 118 cm³/mol. The molecule has 3 nitrogen and oxygen atoms in total. The minimum absolute atomic E-state index is 0.256. The lowest BCUT2D eigenvalue weighted by atomic mass is 9.96. The van der Waals surface area contributed by atoms with Crippen molar-refractivity contribution in [3.05, 3.63) is 94.9 Å². The van der Waals surface area contributed by atoms with Crippen molar-refractivity contribution in [2.24, 2.45) is 10.9 Å². The lowest BCUT2D eigenvalue weighted by Gasteiger charge is -2.08. The van der Waals surface area contributed by atoms with Crippen molar-refractivity contribution in [3.63, 3.8) is 0 Å². The van der Waals surface area contributed by atoms with Gasteiger partial charge >= 0.3 is 0 Å². The molecule has 3 aromatic rings. The maximum Gasteiger partial charge on any atom is 0.123 e. The molecule has 0 amide bonds. The lowest BCUT2D eigenvalue weighted by molar-refractivity contribution is 0.627. The summed E-state index contributed by atoms with van der Waals surface area (Å²) < 4.78 is 13.4. The van der Waals surface area contributed by atoms with Crippen LogP contribution in [0.1, 0.15) is 42.5 Å². The first-order chi connectivity index (χ1) is 14.0. The average molecular weight is 385 g/mol. The van der Waals surface area contributed by atoms with Gasteiger partial charge < -0.3 is 5.73 Å². The summed E-state index contributed by atoms with van der Waals surface area (Å²) in [5, 5.41) is 0. The van der Waals surface area contributed by atoms with Gasteiger partial charge in [-0.3, -0.25) is 4.99 Å². The first-order valence-electron chi connectivity index (χ1n) is 9.87. The molecule has 4 rings (SSSR count). The number of anilines is 1. The van der Waals surface area contributed by atoms with E-state index in [-0.39, 0.29) is 5.82 Å². The Kier molecular flexibility index (Phi) is 5.26. The van der Waals surface area contributed by atoms with E-state index in [2.05, 4.69) is 43.1 Å². The molecular weight excluding hydrogens is 361 g/mol. The molecule has 4 heteroatoms.